The highest BCUT2D eigenvalue weighted by Crippen LogP contribution is 2.14. The van der Waals surface area contributed by atoms with Gasteiger partial charge in [-0.25, -0.2) is 8.42 Å². The van der Waals surface area contributed by atoms with Crippen molar-refractivity contribution in [3.63, 3.8) is 0 Å². The van der Waals surface area contributed by atoms with E-state index >= 15 is 0 Å². The minimum atomic E-state index is -3.28. The summed E-state index contributed by atoms with van der Waals surface area (Å²) in [5.74, 6) is 0.0668. The molecule has 1 aromatic rings. The Morgan fingerprint density at radius 2 is 2.06 bits per heavy atom. The molecule has 0 N–H and O–H groups in total. The van der Waals surface area contributed by atoms with Crippen molar-refractivity contribution in [2.45, 2.75) is 13.5 Å². The summed E-state index contributed by atoms with van der Waals surface area (Å²) in [4.78, 5) is 0. The Kier molecular flexibility index (Phi) is 5.73. The molecule has 0 atom stereocenters. The molecule has 96 valence electrons. The molecule has 0 bridgehead atoms. The zero-order valence-corrected chi connectivity index (χ0v) is 11.9. The molecule has 0 spiro atoms. The first kappa shape index (κ1) is 14.8. The van der Waals surface area contributed by atoms with Crippen LogP contribution in [0.4, 0.5) is 0 Å². The van der Waals surface area contributed by atoms with Crippen molar-refractivity contribution in [1.29, 1.82) is 0 Å². The van der Waals surface area contributed by atoms with Crippen LogP contribution in [-0.2, 0) is 16.6 Å². The van der Waals surface area contributed by atoms with Gasteiger partial charge in [0.1, 0.15) is 0 Å². The molecule has 0 saturated heterocycles. The van der Waals surface area contributed by atoms with Gasteiger partial charge in [0.2, 0.25) is 10.0 Å². The molecule has 0 saturated carbocycles. The highest BCUT2D eigenvalue weighted by atomic mass is 35.5. The second kappa shape index (κ2) is 6.59. The van der Waals surface area contributed by atoms with E-state index in [1.165, 1.54) is 4.31 Å². The summed E-state index contributed by atoms with van der Waals surface area (Å²) < 4.78 is 25.1. The highest BCUT2D eigenvalue weighted by molar-refractivity contribution is 7.89. The molecule has 0 aromatic heterocycles. The van der Waals surface area contributed by atoms with E-state index in [1.54, 1.807) is 25.1 Å². The predicted molar refractivity (Wildman–Crippen MR) is 72.0 cm³/mol. The molecule has 1 rings (SSSR count). The SMILES string of the molecule is CCN(Cc1cccc(Cl)c1)S(=O)(=O)CCCl. The van der Waals surface area contributed by atoms with Gasteiger partial charge in [0.25, 0.3) is 0 Å². The number of halogens is 2. The molecule has 0 amide bonds. The van der Waals surface area contributed by atoms with E-state index in [0.29, 0.717) is 18.1 Å². The molecule has 0 heterocycles. The van der Waals surface area contributed by atoms with Crippen molar-refractivity contribution < 1.29 is 8.42 Å². The smallest absolute Gasteiger partial charge is 0.212 e. The highest BCUT2D eigenvalue weighted by Gasteiger charge is 2.19. The van der Waals surface area contributed by atoms with Crippen LogP contribution in [0.2, 0.25) is 5.02 Å². The van der Waals surface area contributed by atoms with Crippen molar-refractivity contribution >= 4 is 33.2 Å². The Labute approximate surface area is 112 Å². The molecule has 0 unspecified atom stereocenters. The van der Waals surface area contributed by atoms with Crippen LogP contribution in [0.1, 0.15) is 12.5 Å². The number of rotatable bonds is 6. The number of hydrogen-bond donors (Lipinski definition) is 0. The third-order valence-electron chi connectivity index (χ3n) is 2.33. The Morgan fingerprint density at radius 3 is 2.59 bits per heavy atom. The molecular weight excluding hydrogens is 281 g/mol. The van der Waals surface area contributed by atoms with E-state index in [-0.39, 0.29) is 11.6 Å². The Morgan fingerprint density at radius 1 is 1.35 bits per heavy atom. The van der Waals surface area contributed by atoms with Gasteiger partial charge in [-0.3, -0.25) is 0 Å². The first-order chi connectivity index (χ1) is 7.99. The average Bonchev–Trinajstić information content (AvgIpc) is 2.25. The minimum absolute atomic E-state index is 0.0387. The van der Waals surface area contributed by atoms with E-state index in [9.17, 15) is 8.42 Å². The van der Waals surface area contributed by atoms with Crippen LogP contribution < -0.4 is 0 Å². The quantitative estimate of drug-likeness (QED) is 0.757. The molecule has 17 heavy (non-hydrogen) atoms. The molecule has 6 heteroatoms. The van der Waals surface area contributed by atoms with Crippen LogP contribution in [0.3, 0.4) is 0 Å². The largest absolute Gasteiger partial charge is 0.215 e. The number of hydrogen-bond acceptors (Lipinski definition) is 2. The topological polar surface area (TPSA) is 37.4 Å². The van der Waals surface area contributed by atoms with Crippen LogP contribution in [0.5, 0.6) is 0 Å². The van der Waals surface area contributed by atoms with Crippen LogP contribution in [-0.4, -0.2) is 30.9 Å². The number of nitrogens with zero attached hydrogens (tertiary/aromatic N) is 1. The van der Waals surface area contributed by atoms with Crippen LogP contribution in [0, 0.1) is 0 Å². The lowest BCUT2D eigenvalue weighted by Crippen LogP contribution is -2.32. The molecule has 3 nitrogen and oxygen atoms in total. The number of sulfonamides is 1. The van der Waals surface area contributed by atoms with Gasteiger partial charge in [-0.05, 0) is 17.7 Å². The van der Waals surface area contributed by atoms with Crippen molar-refractivity contribution in [3.8, 4) is 0 Å². The summed E-state index contributed by atoms with van der Waals surface area (Å²) >= 11 is 11.3. The van der Waals surface area contributed by atoms with Crippen LogP contribution in [0.25, 0.3) is 0 Å². The first-order valence-electron chi connectivity index (χ1n) is 5.28. The number of alkyl halides is 1. The van der Waals surface area contributed by atoms with Gasteiger partial charge in [0.15, 0.2) is 0 Å². The van der Waals surface area contributed by atoms with E-state index in [0.717, 1.165) is 5.56 Å². The lowest BCUT2D eigenvalue weighted by Gasteiger charge is -2.20. The third-order valence-corrected chi connectivity index (χ3v) is 4.87. The second-order valence-electron chi connectivity index (χ2n) is 3.56. The monoisotopic (exact) mass is 295 g/mol. The second-order valence-corrected chi connectivity index (χ2v) is 6.46. The molecule has 1 aromatic carbocycles. The maximum absolute atomic E-state index is 11.9. The molecular formula is C11H15Cl2NO2S. The zero-order chi connectivity index (χ0) is 12.9. The maximum atomic E-state index is 11.9. The Balaban J connectivity index is 2.84. The fourth-order valence-corrected chi connectivity index (χ4v) is 3.46. The first-order valence-corrected chi connectivity index (χ1v) is 7.80. The summed E-state index contributed by atoms with van der Waals surface area (Å²) in [6, 6.07) is 7.18. The van der Waals surface area contributed by atoms with E-state index < -0.39 is 10.0 Å². The minimum Gasteiger partial charge on any atom is -0.212 e. The molecule has 0 aliphatic carbocycles. The normalized spacial score (nSPS) is 12.0. The van der Waals surface area contributed by atoms with Gasteiger partial charge in [0, 0.05) is 24.0 Å². The average molecular weight is 296 g/mol. The molecule has 0 aliphatic heterocycles. The summed E-state index contributed by atoms with van der Waals surface area (Å²) in [6.07, 6.45) is 0. The van der Waals surface area contributed by atoms with Crippen molar-refractivity contribution in [3.05, 3.63) is 34.9 Å². The van der Waals surface area contributed by atoms with Gasteiger partial charge >= 0.3 is 0 Å². The van der Waals surface area contributed by atoms with E-state index in [4.69, 9.17) is 23.2 Å². The van der Waals surface area contributed by atoms with Gasteiger partial charge in [-0.2, -0.15) is 4.31 Å². The van der Waals surface area contributed by atoms with Crippen molar-refractivity contribution in [2.24, 2.45) is 0 Å². The van der Waals surface area contributed by atoms with E-state index in [1.807, 2.05) is 6.07 Å². The lowest BCUT2D eigenvalue weighted by molar-refractivity contribution is 0.424. The third kappa shape index (κ3) is 4.47. The van der Waals surface area contributed by atoms with Gasteiger partial charge in [-0.1, -0.05) is 30.7 Å². The van der Waals surface area contributed by atoms with Gasteiger partial charge in [0.05, 0.1) is 5.75 Å². The summed E-state index contributed by atoms with van der Waals surface area (Å²) in [5.41, 5.74) is 0.873. The summed E-state index contributed by atoms with van der Waals surface area (Å²) in [5, 5.41) is 0.605. The summed E-state index contributed by atoms with van der Waals surface area (Å²) in [7, 11) is -3.28. The van der Waals surface area contributed by atoms with Gasteiger partial charge < -0.3 is 0 Å². The fourth-order valence-electron chi connectivity index (χ4n) is 1.47. The van der Waals surface area contributed by atoms with Gasteiger partial charge in [-0.15, -0.1) is 11.6 Å². The lowest BCUT2D eigenvalue weighted by atomic mass is 10.2. The van der Waals surface area contributed by atoms with E-state index in [2.05, 4.69) is 0 Å². The van der Waals surface area contributed by atoms with Crippen molar-refractivity contribution in [2.75, 3.05) is 18.2 Å². The predicted octanol–water partition coefficient (Wildman–Crippen LogP) is 2.73. The zero-order valence-electron chi connectivity index (χ0n) is 9.57. The van der Waals surface area contributed by atoms with Crippen molar-refractivity contribution in [1.82, 2.24) is 4.31 Å². The van der Waals surface area contributed by atoms with Crippen LogP contribution >= 0.6 is 23.2 Å². The molecule has 0 aliphatic rings. The molecule has 0 fully saturated rings. The Hall–Kier alpha value is -0.290. The Bertz CT molecular complexity index is 462. The van der Waals surface area contributed by atoms with Crippen LogP contribution in [0.15, 0.2) is 24.3 Å². The summed E-state index contributed by atoms with van der Waals surface area (Å²) in [6.45, 7) is 2.55. The number of benzene rings is 1. The molecule has 0 radical (unpaired) electrons. The standard InChI is InChI=1S/C11H15Cl2NO2S/c1-2-14(17(15,16)7-6-12)9-10-4-3-5-11(13)8-10/h3-5,8H,2,6-7,9H2,1H3. The maximum Gasteiger partial charge on any atom is 0.215 e. The fraction of sp³-hybridized carbons (Fsp3) is 0.455.